The van der Waals surface area contributed by atoms with Gasteiger partial charge in [0.05, 0.1) is 17.4 Å². The minimum atomic E-state index is -0.787. The number of rotatable bonds is 3. The standard InChI is InChI=1S/C13H17FN2O2/c1-16(9-13(18)4-2-3-5-13)12(17)10-6-11(14)8-15-7-10/h6-8,18H,2-5,9H2,1H3. The van der Waals surface area contributed by atoms with Crippen molar-refractivity contribution >= 4 is 5.91 Å². The van der Waals surface area contributed by atoms with Gasteiger partial charge in [-0.2, -0.15) is 0 Å². The van der Waals surface area contributed by atoms with Crippen LogP contribution in [-0.4, -0.2) is 40.1 Å². The molecule has 1 saturated carbocycles. The summed E-state index contributed by atoms with van der Waals surface area (Å²) in [6.07, 6.45) is 5.79. The number of amides is 1. The van der Waals surface area contributed by atoms with Crippen LogP contribution in [0.3, 0.4) is 0 Å². The van der Waals surface area contributed by atoms with Crippen LogP contribution in [0.1, 0.15) is 36.0 Å². The maximum Gasteiger partial charge on any atom is 0.255 e. The highest BCUT2D eigenvalue weighted by Crippen LogP contribution is 2.30. The van der Waals surface area contributed by atoms with Crippen molar-refractivity contribution < 1.29 is 14.3 Å². The van der Waals surface area contributed by atoms with Crippen LogP contribution < -0.4 is 0 Å². The Morgan fingerprint density at radius 2 is 2.17 bits per heavy atom. The Labute approximate surface area is 105 Å². The second-order valence-electron chi connectivity index (χ2n) is 4.98. The summed E-state index contributed by atoms with van der Waals surface area (Å²) < 4.78 is 13.0. The molecule has 1 fully saturated rings. The lowest BCUT2D eigenvalue weighted by molar-refractivity contribution is 0.0156. The summed E-state index contributed by atoms with van der Waals surface area (Å²) in [5.41, 5.74) is -0.579. The van der Waals surface area contributed by atoms with Gasteiger partial charge in [-0.3, -0.25) is 9.78 Å². The summed E-state index contributed by atoms with van der Waals surface area (Å²) in [5, 5.41) is 10.2. The number of aromatic nitrogens is 1. The maximum absolute atomic E-state index is 13.0. The van der Waals surface area contributed by atoms with E-state index in [4.69, 9.17) is 0 Å². The number of nitrogens with zero attached hydrogens (tertiary/aromatic N) is 2. The van der Waals surface area contributed by atoms with Crippen LogP contribution in [0.5, 0.6) is 0 Å². The smallest absolute Gasteiger partial charge is 0.255 e. The third-order valence-electron chi connectivity index (χ3n) is 3.36. The zero-order chi connectivity index (χ0) is 13.2. The molecule has 1 amide bonds. The molecule has 1 aliphatic carbocycles. The number of halogens is 1. The van der Waals surface area contributed by atoms with E-state index >= 15 is 0 Å². The van der Waals surface area contributed by atoms with Crippen molar-refractivity contribution in [2.75, 3.05) is 13.6 Å². The Morgan fingerprint density at radius 3 is 2.78 bits per heavy atom. The van der Waals surface area contributed by atoms with Gasteiger partial charge in [-0.15, -0.1) is 0 Å². The molecule has 98 valence electrons. The summed E-state index contributed by atoms with van der Waals surface area (Å²) >= 11 is 0. The summed E-state index contributed by atoms with van der Waals surface area (Å²) in [6, 6.07) is 1.16. The van der Waals surface area contributed by atoms with Gasteiger partial charge in [-0.1, -0.05) is 12.8 Å². The molecule has 0 bridgehead atoms. The molecule has 1 N–H and O–H groups in total. The molecule has 2 rings (SSSR count). The normalized spacial score (nSPS) is 17.7. The van der Waals surface area contributed by atoms with Gasteiger partial charge in [-0.05, 0) is 18.9 Å². The fourth-order valence-corrected chi connectivity index (χ4v) is 2.45. The third kappa shape index (κ3) is 2.85. The minimum absolute atomic E-state index is 0.207. The van der Waals surface area contributed by atoms with Crippen molar-refractivity contribution in [1.82, 2.24) is 9.88 Å². The molecule has 1 aliphatic rings. The average Bonchev–Trinajstić information content (AvgIpc) is 2.74. The van der Waals surface area contributed by atoms with Crippen LogP contribution in [0.15, 0.2) is 18.5 Å². The first kappa shape index (κ1) is 13.0. The predicted molar refractivity (Wildman–Crippen MR) is 64.6 cm³/mol. The first-order valence-corrected chi connectivity index (χ1v) is 6.09. The number of carbonyl (C=O) groups excluding carboxylic acids is 1. The van der Waals surface area contributed by atoms with Gasteiger partial charge in [0.2, 0.25) is 0 Å². The second kappa shape index (κ2) is 5.02. The number of hydrogen-bond acceptors (Lipinski definition) is 3. The molecule has 1 aromatic rings. The van der Waals surface area contributed by atoms with Gasteiger partial charge in [0, 0.05) is 19.8 Å². The summed E-state index contributed by atoms with van der Waals surface area (Å²) in [5.74, 6) is -0.851. The fourth-order valence-electron chi connectivity index (χ4n) is 2.45. The highest BCUT2D eigenvalue weighted by Gasteiger charge is 2.33. The third-order valence-corrected chi connectivity index (χ3v) is 3.36. The lowest BCUT2D eigenvalue weighted by Gasteiger charge is -2.28. The van der Waals surface area contributed by atoms with Crippen molar-refractivity contribution in [2.24, 2.45) is 0 Å². The van der Waals surface area contributed by atoms with E-state index in [-0.39, 0.29) is 18.0 Å². The van der Waals surface area contributed by atoms with E-state index in [1.807, 2.05) is 0 Å². The molecule has 1 heterocycles. The molecule has 0 aliphatic heterocycles. The van der Waals surface area contributed by atoms with E-state index in [1.54, 1.807) is 7.05 Å². The molecule has 5 heteroatoms. The molecular weight excluding hydrogens is 235 g/mol. The van der Waals surface area contributed by atoms with Crippen LogP contribution in [-0.2, 0) is 0 Å². The predicted octanol–water partition coefficient (Wildman–Crippen LogP) is 1.60. The molecule has 1 aromatic heterocycles. The summed E-state index contributed by atoms with van der Waals surface area (Å²) in [7, 11) is 1.61. The van der Waals surface area contributed by atoms with E-state index in [0.717, 1.165) is 25.1 Å². The Hall–Kier alpha value is -1.49. The number of carbonyl (C=O) groups is 1. The topological polar surface area (TPSA) is 53.4 Å². The molecule has 4 nitrogen and oxygen atoms in total. The van der Waals surface area contributed by atoms with Crippen molar-refractivity contribution in [3.8, 4) is 0 Å². The number of pyridine rings is 1. The lowest BCUT2D eigenvalue weighted by atomic mass is 10.0. The van der Waals surface area contributed by atoms with Gasteiger partial charge in [-0.25, -0.2) is 4.39 Å². The van der Waals surface area contributed by atoms with Gasteiger partial charge in [0.1, 0.15) is 5.82 Å². The van der Waals surface area contributed by atoms with Crippen molar-refractivity contribution in [3.63, 3.8) is 0 Å². The van der Waals surface area contributed by atoms with E-state index < -0.39 is 11.4 Å². The second-order valence-corrected chi connectivity index (χ2v) is 4.98. The van der Waals surface area contributed by atoms with Gasteiger partial charge < -0.3 is 10.0 Å². The van der Waals surface area contributed by atoms with E-state index in [0.29, 0.717) is 12.8 Å². The fraction of sp³-hybridized carbons (Fsp3) is 0.538. The van der Waals surface area contributed by atoms with Crippen molar-refractivity contribution in [2.45, 2.75) is 31.3 Å². The van der Waals surface area contributed by atoms with Crippen LogP contribution in [0.25, 0.3) is 0 Å². The summed E-state index contributed by atoms with van der Waals surface area (Å²) in [6.45, 7) is 0.280. The molecule has 0 aromatic carbocycles. The first-order valence-electron chi connectivity index (χ1n) is 6.09. The molecule has 0 spiro atoms. The van der Waals surface area contributed by atoms with E-state index in [1.165, 1.54) is 11.1 Å². The molecule has 0 unspecified atom stereocenters. The molecule has 0 saturated heterocycles. The monoisotopic (exact) mass is 252 g/mol. The minimum Gasteiger partial charge on any atom is -0.388 e. The molecule has 0 atom stereocenters. The number of hydrogen-bond donors (Lipinski definition) is 1. The van der Waals surface area contributed by atoms with E-state index in [9.17, 15) is 14.3 Å². The zero-order valence-corrected chi connectivity index (χ0v) is 10.4. The Kier molecular flexibility index (Phi) is 3.61. The zero-order valence-electron chi connectivity index (χ0n) is 10.4. The lowest BCUT2D eigenvalue weighted by Crippen LogP contribution is -2.42. The van der Waals surface area contributed by atoms with Gasteiger partial charge in [0.15, 0.2) is 0 Å². The first-order chi connectivity index (χ1) is 8.50. The Morgan fingerprint density at radius 1 is 1.50 bits per heavy atom. The Bertz CT molecular complexity index is 444. The largest absolute Gasteiger partial charge is 0.388 e. The molecule has 18 heavy (non-hydrogen) atoms. The molecule has 0 radical (unpaired) electrons. The van der Waals surface area contributed by atoms with Crippen LogP contribution in [0.2, 0.25) is 0 Å². The van der Waals surface area contributed by atoms with Crippen LogP contribution in [0, 0.1) is 5.82 Å². The quantitative estimate of drug-likeness (QED) is 0.889. The Balaban J connectivity index is 2.04. The molecular formula is C13H17FN2O2. The van der Waals surface area contributed by atoms with Gasteiger partial charge >= 0.3 is 0 Å². The van der Waals surface area contributed by atoms with Crippen molar-refractivity contribution in [1.29, 1.82) is 0 Å². The number of likely N-dealkylation sites (N-methyl/N-ethyl adjacent to an activating group) is 1. The van der Waals surface area contributed by atoms with Gasteiger partial charge in [0.25, 0.3) is 5.91 Å². The van der Waals surface area contributed by atoms with E-state index in [2.05, 4.69) is 4.98 Å². The van der Waals surface area contributed by atoms with Crippen LogP contribution >= 0.6 is 0 Å². The highest BCUT2D eigenvalue weighted by molar-refractivity contribution is 5.93. The highest BCUT2D eigenvalue weighted by atomic mass is 19.1. The number of aliphatic hydroxyl groups is 1. The average molecular weight is 252 g/mol. The SMILES string of the molecule is CN(CC1(O)CCCC1)C(=O)c1cncc(F)c1. The van der Waals surface area contributed by atoms with Crippen LogP contribution in [0.4, 0.5) is 4.39 Å². The summed E-state index contributed by atoms with van der Waals surface area (Å²) in [4.78, 5) is 17.1. The maximum atomic E-state index is 13.0. The van der Waals surface area contributed by atoms with Crippen molar-refractivity contribution in [3.05, 3.63) is 29.8 Å².